The highest BCUT2D eigenvalue weighted by molar-refractivity contribution is 8.08. The van der Waals surface area contributed by atoms with E-state index in [9.17, 15) is 4.57 Å². The number of benzene rings is 1. The summed E-state index contributed by atoms with van der Waals surface area (Å²) in [5, 5.41) is 1.04. The number of fused-ring (bicyclic) bond motifs is 1. The number of hydrogen-bond donors (Lipinski definition) is 0. The SMILES string of the molecule is O=P(Cl)(Cl)Cc1ccc2ccccc2n1. The highest BCUT2D eigenvalue weighted by Gasteiger charge is 2.15. The lowest BCUT2D eigenvalue weighted by Gasteiger charge is -2.03. The molecule has 1 heterocycles. The summed E-state index contributed by atoms with van der Waals surface area (Å²) in [6.45, 7) is 0. The number of rotatable bonds is 2. The smallest absolute Gasteiger partial charge is 0.258 e. The average molecular weight is 260 g/mol. The van der Waals surface area contributed by atoms with Gasteiger partial charge in [-0.1, -0.05) is 24.3 Å². The van der Waals surface area contributed by atoms with Crippen LogP contribution in [0.25, 0.3) is 10.9 Å². The zero-order valence-electron chi connectivity index (χ0n) is 7.73. The Kier molecular flexibility index (Phi) is 3.01. The second-order valence-electron chi connectivity index (χ2n) is 3.22. The summed E-state index contributed by atoms with van der Waals surface area (Å²) in [5.41, 5.74) is 1.51. The van der Waals surface area contributed by atoms with Gasteiger partial charge in [0.2, 0.25) is 0 Å². The zero-order valence-corrected chi connectivity index (χ0v) is 10.1. The van der Waals surface area contributed by atoms with Crippen molar-refractivity contribution in [2.75, 3.05) is 0 Å². The predicted octanol–water partition coefficient (Wildman–Crippen LogP) is 4.41. The summed E-state index contributed by atoms with van der Waals surface area (Å²) in [5.74, 6) is -3.08. The van der Waals surface area contributed by atoms with E-state index in [1.165, 1.54) is 0 Å². The largest absolute Gasteiger partial charge is 0.289 e. The van der Waals surface area contributed by atoms with Crippen molar-refractivity contribution in [3.63, 3.8) is 0 Å². The molecule has 0 bridgehead atoms. The summed E-state index contributed by atoms with van der Waals surface area (Å²) in [6, 6.07) is 11.4. The number of pyridine rings is 1. The molecule has 2 nitrogen and oxygen atoms in total. The van der Waals surface area contributed by atoms with Crippen LogP contribution in [0.5, 0.6) is 0 Å². The highest BCUT2D eigenvalue weighted by atomic mass is 35.9. The van der Waals surface area contributed by atoms with Gasteiger partial charge < -0.3 is 0 Å². The van der Waals surface area contributed by atoms with E-state index in [4.69, 9.17) is 22.5 Å². The van der Waals surface area contributed by atoms with Crippen LogP contribution in [-0.4, -0.2) is 4.98 Å². The normalized spacial score (nSPS) is 11.9. The fourth-order valence-corrected chi connectivity index (χ4v) is 2.67. The van der Waals surface area contributed by atoms with Crippen LogP contribution in [0.15, 0.2) is 36.4 Å². The molecule has 0 saturated heterocycles. The van der Waals surface area contributed by atoms with Crippen molar-refractivity contribution in [3.05, 3.63) is 42.1 Å². The molecule has 0 amide bonds. The second-order valence-corrected chi connectivity index (χ2v) is 8.48. The fourth-order valence-electron chi connectivity index (χ4n) is 1.38. The van der Waals surface area contributed by atoms with E-state index < -0.39 is 5.85 Å². The minimum Gasteiger partial charge on any atom is -0.289 e. The minimum absolute atomic E-state index is 0.112. The van der Waals surface area contributed by atoms with Crippen LogP contribution in [0.1, 0.15) is 5.69 Å². The molecular weight excluding hydrogens is 252 g/mol. The van der Waals surface area contributed by atoms with Crippen LogP contribution in [0, 0.1) is 0 Å². The standard InChI is InChI=1S/C10H8Cl2NOP/c11-15(12,14)7-9-6-5-8-3-1-2-4-10(8)13-9/h1-6H,7H2. The molecule has 5 heteroatoms. The molecule has 0 fully saturated rings. The van der Waals surface area contributed by atoms with Crippen LogP contribution in [0.3, 0.4) is 0 Å². The van der Waals surface area contributed by atoms with Gasteiger partial charge >= 0.3 is 0 Å². The molecule has 15 heavy (non-hydrogen) atoms. The number of halogens is 2. The fraction of sp³-hybridized carbons (Fsp3) is 0.100. The first-order valence-electron chi connectivity index (χ1n) is 4.38. The monoisotopic (exact) mass is 259 g/mol. The van der Waals surface area contributed by atoms with Crippen molar-refractivity contribution in [1.82, 2.24) is 4.98 Å². The lowest BCUT2D eigenvalue weighted by Crippen LogP contribution is -1.87. The van der Waals surface area contributed by atoms with E-state index >= 15 is 0 Å². The van der Waals surface area contributed by atoms with Crippen LogP contribution >= 0.6 is 28.3 Å². The molecule has 0 unspecified atom stereocenters. The van der Waals surface area contributed by atoms with Crippen LogP contribution in [0.2, 0.25) is 0 Å². The molecule has 1 aromatic heterocycles. The molecule has 0 saturated carbocycles. The Bertz CT molecular complexity index is 538. The van der Waals surface area contributed by atoms with E-state index in [0.29, 0.717) is 5.69 Å². The van der Waals surface area contributed by atoms with Gasteiger partial charge in [0, 0.05) is 5.39 Å². The van der Waals surface area contributed by atoms with Crippen molar-refractivity contribution >= 4 is 39.2 Å². The van der Waals surface area contributed by atoms with Gasteiger partial charge in [0.15, 0.2) is 0 Å². The Labute approximate surface area is 97.2 Å². The van der Waals surface area contributed by atoms with E-state index in [1.54, 1.807) is 6.07 Å². The predicted molar refractivity (Wildman–Crippen MR) is 64.8 cm³/mol. The van der Waals surface area contributed by atoms with E-state index in [0.717, 1.165) is 10.9 Å². The van der Waals surface area contributed by atoms with Gasteiger partial charge in [-0.25, -0.2) is 0 Å². The first-order chi connectivity index (χ1) is 7.04. The van der Waals surface area contributed by atoms with Gasteiger partial charge in [-0.05, 0) is 34.6 Å². The van der Waals surface area contributed by atoms with Gasteiger partial charge in [-0.3, -0.25) is 9.55 Å². The Hall–Kier alpha value is -0.560. The zero-order chi connectivity index (χ0) is 10.9. The molecule has 78 valence electrons. The third kappa shape index (κ3) is 2.94. The second kappa shape index (κ2) is 4.13. The molecule has 2 aromatic rings. The molecule has 0 spiro atoms. The Balaban J connectivity index is 2.43. The van der Waals surface area contributed by atoms with Crippen molar-refractivity contribution in [2.45, 2.75) is 6.16 Å². The van der Waals surface area contributed by atoms with Gasteiger partial charge in [0.1, 0.15) is 0 Å². The lowest BCUT2D eigenvalue weighted by molar-refractivity contribution is 0.592. The molecule has 2 rings (SSSR count). The van der Waals surface area contributed by atoms with Crippen LogP contribution < -0.4 is 0 Å². The molecule has 0 N–H and O–H groups in total. The van der Waals surface area contributed by atoms with E-state index in [1.807, 2.05) is 30.3 Å². The Morgan fingerprint density at radius 3 is 2.60 bits per heavy atom. The first-order valence-corrected chi connectivity index (χ1v) is 8.08. The van der Waals surface area contributed by atoms with Crippen molar-refractivity contribution < 1.29 is 4.57 Å². The maximum absolute atomic E-state index is 11.2. The number of aromatic nitrogens is 1. The van der Waals surface area contributed by atoms with Gasteiger partial charge in [-0.2, -0.15) is 0 Å². The third-order valence-corrected chi connectivity index (χ3v) is 3.41. The van der Waals surface area contributed by atoms with Crippen LogP contribution in [0.4, 0.5) is 0 Å². The van der Waals surface area contributed by atoms with Crippen molar-refractivity contribution in [3.8, 4) is 0 Å². The van der Waals surface area contributed by atoms with Crippen molar-refractivity contribution in [1.29, 1.82) is 0 Å². The maximum Gasteiger partial charge on any atom is 0.258 e. The summed E-state index contributed by atoms with van der Waals surface area (Å²) >= 11 is 11.0. The maximum atomic E-state index is 11.2. The summed E-state index contributed by atoms with van der Waals surface area (Å²) in [6.07, 6.45) is 0.112. The number of nitrogens with zero attached hydrogens (tertiary/aromatic N) is 1. The highest BCUT2D eigenvalue weighted by Crippen LogP contribution is 2.58. The molecule has 0 radical (unpaired) electrons. The molecule has 0 aliphatic heterocycles. The Morgan fingerprint density at radius 1 is 1.13 bits per heavy atom. The van der Waals surface area contributed by atoms with Gasteiger partial charge in [-0.15, -0.1) is 0 Å². The lowest BCUT2D eigenvalue weighted by atomic mass is 10.2. The minimum atomic E-state index is -3.08. The molecule has 0 aliphatic carbocycles. The van der Waals surface area contributed by atoms with Gasteiger partial charge in [0.05, 0.1) is 17.4 Å². The average Bonchev–Trinajstić information content (AvgIpc) is 2.15. The van der Waals surface area contributed by atoms with Crippen LogP contribution in [-0.2, 0) is 10.7 Å². The topological polar surface area (TPSA) is 30.0 Å². The van der Waals surface area contributed by atoms with E-state index in [-0.39, 0.29) is 6.16 Å². The molecule has 0 atom stereocenters. The third-order valence-electron chi connectivity index (χ3n) is 2.00. The van der Waals surface area contributed by atoms with Crippen molar-refractivity contribution in [2.24, 2.45) is 0 Å². The summed E-state index contributed by atoms with van der Waals surface area (Å²) < 4.78 is 11.2. The van der Waals surface area contributed by atoms with E-state index in [2.05, 4.69) is 4.98 Å². The summed E-state index contributed by atoms with van der Waals surface area (Å²) in [4.78, 5) is 4.32. The molecule has 0 aliphatic rings. The number of hydrogen-bond acceptors (Lipinski definition) is 2. The first kappa shape index (κ1) is 10.9. The van der Waals surface area contributed by atoms with Gasteiger partial charge in [0.25, 0.3) is 5.85 Å². The quantitative estimate of drug-likeness (QED) is 0.748. The molecule has 1 aromatic carbocycles. The molecular formula is C10H8Cl2NOP. The Morgan fingerprint density at radius 2 is 1.87 bits per heavy atom. The number of para-hydroxylation sites is 1. The summed E-state index contributed by atoms with van der Waals surface area (Å²) in [7, 11) is 0.